The molecule has 0 amide bonds. The largest absolute Gasteiger partial charge is 0.369 e. The van der Waals surface area contributed by atoms with Crippen molar-refractivity contribution in [3.05, 3.63) is 47.4 Å². The lowest BCUT2D eigenvalue weighted by Gasteiger charge is -2.34. The number of nitrogens with zero attached hydrogens (tertiary/aromatic N) is 5. The van der Waals surface area contributed by atoms with Gasteiger partial charge in [-0.15, -0.1) is 0 Å². The number of likely N-dealkylation sites (N-methyl/N-ethyl adjacent to an activating group) is 1. The van der Waals surface area contributed by atoms with Crippen LogP contribution in [-0.2, 0) is 6.42 Å². The molecule has 0 bridgehead atoms. The summed E-state index contributed by atoms with van der Waals surface area (Å²) < 4.78 is 0. The SMILES string of the molecule is CN1CCN(c2ccc(Cc3cnc(C#N)nc3NCC(C)(C)C)cc2)CC1. The number of rotatable bonds is 5. The Balaban J connectivity index is 1.73. The number of aromatic nitrogens is 2. The number of benzene rings is 1. The molecule has 1 aliphatic rings. The Morgan fingerprint density at radius 1 is 1.11 bits per heavy atom. The Bertz CT molecular complexity index is 824. The Kier molecular flexibility index (Phi) is 6.15. The van der Waals surface area contributed by atoms with Gasteiger partial charge in [0.05, 0.1) is 0 Å². The first-order valence-corrected chi connectivity index (χ1v) is 9.86. The zero-order valence-corrected chi connectivity index (χ0v) is 17.4. The van der Waals surface area contributed by atoms with Crippen molar-refractivity contribution in [2.45, 2.75) is 27.2 Å². The fourth-order valence-electron chi connectivity index (χ4n) is 3.20. The molecule has 2 heterocycles. The Hall–Kier alpha value is -2.65. The lowest BCUT2D eigenvalue weighted by Crippen LogP contribution is -2.44. The van der Waals surface area contributed by atoms with Crippen LogP contribution in [0.3, 0.4) is 0 Å². The molecule has 1 aliphatic heterocycles. The van der Waals surface area contributed by atoms with Gasteiger partial charge in [0, 0.05) is 56.6 Å². The summed E-state index contributed by atoms with van der Waals surface area (Å²) >= 11 is 0. The van der Waals surface area contributed by atoms with Gasteiger partial charge in [0.15, 0.2) is 0 Å². The quantitative estimate of drug-likeness (QED) is 0.862. The molecule has 1 aromatic carbocycles. The Morgan fingerprint density at radius 2 is 1.79 bits per heavy atom. The van der Waals surface area contributed by atoms with Crippen molar-refractivity contribution in [3.63, 3.8) is 0 Å². The first-order chi connectivity index (χ1) is 13.3. The fourth-order valence-corrected chi connectivity index (χ4v) is 3.20. The molecule has 6 heteroatoms. The van der Waals surface area contributed by atoms with Gasteiger partial charge >= 0.3 is 0 Å². The molecule has 0 aliphatic carbocycles. The second kappa shape index (κ2) is 8.57. The van der Waals surface area contributed by atoms with Crippen LogP contribution in [0.4, 0.5) is 11.5 Å². The van der Waals surface area contributed by atoms with E-state index in [1.165, 1.54) is 11.3 Å². The summed E-state index contributed by atoms with van der Waals surface area (Å²) in [5.41, 5.74) is 3.62. The minimum Gasteiger partial charge on any atom is -0.369 e. The minimum absolute atomic E-state index is 0.124. The van der Waals surface area contributed by atoms with Crippen molar-refractivity contribution < 1.29 is 0 Å². The summed E-state index contributed by atoms with van der Waals surface area (Å²) in [7, 11) is 2.17. The predicted octanol–water partition coefficient (Wildman–Crippen LogP) is 3.15. The Labute approximate surface area is 168 Å². The molecule has 0 saturated carbocycles. The van der Waals surface area contributed by atoms with Gasteiger partial charge in [0.1, 0.15) is 11.9 Å². The van der Waals surface area contributed by atoms with E-state index in [0.717, 1.165) is 50.5 Å². The third kappa shape index (κ3) is 5.43. The highest BCUT2D eigenvalue weighted by Crippen LogP contribution is 2.22. The molecule has 0 atom stereocenters. The lowest BCUT2D eigenvalue weighted by molar-refractivity contribution is 0.313. The minimum atomic E-state index is 0.124. The van der Waals surface area contributed by atoms with Crippen molar-refractivity contribution in [1.29, 1.82) is 5.26 Å². The van der Waals surface area contributed by atoms with Crippen LogP contribution in [0, 0.1) is 16.7 Å². The first kappa shape index (κ1) is 20.1. The predicted molar refractivity (Wildman–Crippen MR) is 114 cm³/mol. The van der Waals surface area contributed by atoms with Crippen molar-refractivity contribution in [2.24, 2.45) is 5.41 Å². The highest BCUT2D eigenvalue weighted by molar-refractivity contribution is 5.51. The molecule has 0 radical (unpaired) electrons. The molecular weight excluding hydrogens is 348 g/mol. The van der Waals surface area contributed by atoms with E-state index in [0.29, 0.717) is 0 Å². The van der Waals surface area contributed by atoms with E-state index >= 15 is 0 Å². The molecule has 1 saturated heterocycles. The van der Waals surface area contributed by atoms with Gasteiger partial charge in [-0.2, -0.15) is 5.26 Å². The van der Waals surface area contributed by atoms with Gasteiger partial charge < -0.3 is 15.1 Å². The summed E-state index contributed by atoms with van der Waals surface area (Å²) in [5, 5.41) is 12.5. The van der Waals surface area contributed by atoms with E-state index in [1.807, 2.05) is 6.07 Å². The van der Waals surface area contributed by atoms with Crippen LogP contribution in [0.25, 0.3) is 0 Å². The number of nitrogens with one attached hydrogen (secondary N) is 1. The van der Waals surface area contributed by atoms with Gasteiger partial charge in [0.25, 0.3) is 0 Å². The second-order valence-electron chi connectivity index (χ2n) is 8.73. The van der Waals surface area contributed by atoms with Crippen molar-refractivity contribution >= 4 is 11.5 Å². The lowest BCUT2D eigenvalue weighted by atomic mass is 9.97. The van der Waals surface area contributed by atoms with Crippen molar-refractivity contribution in [1.82, 2.24) is 14.9 Å². The number of anilines is 2. The van der Waals surface area contributed by atoms with Crippen LogP contribution in [0.2, 0.25) is 0 Å². The standard InChI is InChI=1S/C22H30N6/c1-22(2,3)16-25-21-18(15-24-20(14-23)26-21)13-17-5-7-19(8-6-17)28-11-9-27(4)10-12-28/h5-8,15H,9-13,16H2,1-4H3,(H,24,25,26). The van der Waals surface area contributed by atoms with E-state index in [9.17, 15) is 0 Å². The van der Waals surface area contributed by atoms with E-state index in [4.69, 9.17) is 5.26 Å². The molecule has 1 fully saturated rings. The smallest absolute Gasteiger partial charge is 0.234 e. The monoisotopic (exact) mass is 378 g/mol. The fraction of sp³-hybridized carbons (Fsp3) is 0.500. The molecule has 0 unspecified atom stereocenters. The normalized spacial score (nSPS) is 15.3. The highest BCUT2D eigenvalue weighted by Gasteiger charge is 2.15. The van der Waals surface area contributed by atoms with Crippen LogP contribution in [0.1, 0.15) is 37.7 Å². The van der Waals surface area contributed by atoms with Gasteiger partial charge in [-0.1, -0.05) is 32.9 Å². The van der Waals surface area contributed by atoms with Gasteiger partial charge in [-0.05, 0) is 30.2 Å². The van der Waals surface area contributed by atoms with Crippen molar-refractivity contribution in [2.75, 3.05) is 50.0 Å². The molecular formula is C22H30N6. The molecule has 148 valence electrons. The second-order valence-corrected chi connectivity index (χ2v) is 8.73. The summed E-state index contributed by atoms with van der Waals surface area (Å²) in [6, 6.07) is 10.8. The third-order valence-corrected chi connectivity index (χ3v) is 4.95. The summed E-state index contributed by atoms with van der Waals surface area (Å²) in [6.45, 7) is 11.6. The van der Waals surface area contributed by atoms with Gasteiger partial charge in [-0.3, -0.25) is 0 Å². The number of hydrogen-bond acceptors (Lipinski definition) is 6. The maximum atomic E-state index is 9.13. The zero-order chi connectivity index (χ0) is 20.1. The average molecular weight is 379 g/mol. The zero-order valence-electron chi connectivity index (χ0n) is 17.4. The van der Waals surface area contributed by atoms with E-state index in [2.05, 4.69) is 77.2 Å². The summed E-state index contributed by atoms with van der Waals surface area (Å²) in [4.78, 5) is 13.4. The van der Waals surface area contributed by atoms with Crippen LogP contribution < -0.4 is 10.2 Å². The highest BCUT2D eigenvalue weighted by atomic mass is 15.2. The summed E-state index contributed by atoms with van der Waals surface area (Å²) in [6.07, 6.45) is 2.51. The molecule has 1 aromatic heterocycles. The van der Waals surface area contributed by atoms with Gasteiger partial charge in [0.2, 0.25) is 5.82 Å². The van der Waals surface area contributed by atoms with E-state index < -0.39 is 0 Å². The average Bonchev–Trinajstić information content (AvgIpc) is 2.68. The van der Waals surface area contributed by atoms with Crippen LogP contribution in [0.15, 0.2) is 30.5 Å². The number of piperazine rings is 1. The molecule has 2 aromatic rings. The van der Waals surface area contributed by atoms with Crippen LogP contribution >= 0.6 is 0 Å². The van der Waals surface area contributed by atoms with Crippen molar-refractivity contribution in [3.8, 4) is 6.07 Å². The van der Waals surface area contributed by atoms with Crippen LogP contribution in [-0.4, -0.2) is 54.6 Å². The van der Waals surface area contributed by atoms with Gasteiger partial charge in [-0.25, -0.2) is 9.97 Å². The Morgan fingerprint density at radius 3 is 2.39 bits per heavy atom. The molecule has 6 nitrogen and oxygen atoms in total. The molecule has 1 N–H and O–H groups in total. The topological polar surface area (TPSA) is 68.1 Å². The molecule has 0 spiro atoms. The number of nitriles is 1. The maximum absolute atomic E-state index is 9.13. The third-order valence-electron chi connectivity index (χ3n) is 4.95. The summed E-state index contributed by atoms with van der Waals surface area (Å²) in [5.74, 6) is 0.954. The van der Waals surface area contributed by atoms with E-state index in [-0.39, 0.29) is 11.2 Å². The van der Waals surface area contributed by atoms with Crippen LogP contribution in [0.5, 0.6) is 0 Å². The first-order valence-electron chi connectivity index (χ1n) is 9.86. The maximum Gasteiger partial charge on any atom is 0.234 e. The van der Waals surface area contributed by atoms with E-state index in [1.54, 1.807) is 6.20 Å². The molecule has 28 heavy (non-hydrogen) atoms. The number of hydrogen-bond donors (Lipinski definition) is 1. The molecule has 3 rings (SSSR count).